The molecular formula is C17H27F3N2O. The van der Waals surface area contributed by atoms with E-state index >= 15 is 0 Å². The van der Waals surface area contributed by atoms with Gasteiger partial charge < -0.3 is 4.74 Å². The van der Waals surface area contributed by atoms with Gasteiger partial charge >= 0.3 is 6.18 Å². The summed E-state index contributed by atoms with van der Waals surface area (Å²) >= 11 is 0. The summed E-state index contributed by atoms with van der Waals surface area (Å²) < 4.78 is 43.5. The van der Waals surface area contributed by atoms with Crippen molar-refractivity contribution in [3.63, 3.8) is 0 Å². The van der Waals surface area contributed by atoms with Crippen LogP contribution in [0.1, 0.15) is 32.3 Å². The molecule has 0 radical (unpaired) electrons. The van der Waals surface area contributed by atoms with E-state index in [9.17, 15) is 13.2 Å². The first-order valence-corrected chi connectivity index (χ1v) is 7.98. The normalized spacial score (nSPS) is 14.9. The Bertz CT molecular complexity index is 426. The van der Waals surface area contributed by atoms with Gasteiger partial charge in [-0.25, -0.2) is 5.01 Å². The number of benzene rings is 1. The molecule has 2 atom stereocenters. The molecule has 0 saturated heterocycles. The van der Waals surface area contributed by atoms with Gasteiger partial charge in [0, 0.05) is 19.2 Å². The quantitative estimate of drug-likeness (QED) is 0.660. The fraction of sp³-hybridized carbons (Fsp3) is 0.647. The number of hydrogen-bond acceptors (Lipinski definition) is 3. The number of ether oxygens (including phenoxy) is 1. The van der Waals surface area contributed by atoms with E-state index in [2.05, 4.69) is 5.43 Å². The molecule has 1 unspecified atom stereocenters. The van der Waals surface area contributed by atoms with Crippen molar-refractivity contribution < 1.29 is 17.9 Å². The van der Waals surface area contributed by atoms with Crippen LogP contribution in [0.25, 0.3) is 0 Å². The molecule has 1 aromatic carbocycles. The van der Waals surface area contributed by atoms with Gasteiger partial charge in [0.25, 0.3) is 0 Å². The Labute approximate surface area is 136 Å². The molecule has 1 N–H and O–H groups in total. The maximum atomic E-state index is 12.8. The van der Waals surface area contributed by atoms with Crippen molar-refractivity contribution in [2.75, 3.05) is 20.3 Å². The van der Waals surface area contributed by atoms with E-state index in [0.29, 0.717) is 6.42 Å². The predicted molar refractivity (Wildman–Crippen MR) is 86.1 cm³/mol. The van der Waals surface area contributed by atoms with Crippen molar-refractivity contribution >= 4 is 0 Å². The SMILES string of the molecule is CC[C@H](COC)N(CC(F)(F)F)NC(C)CCc1ccccc1. The standard InChI is InChI=1S/C17H27F3N2O/c1-4-16(12-23-3)22(13-17(18,19)20)21-14(2)10-11-15-8-6-5-7-9-15/h5-9,14,16,21H,4,10-13H2,1-3H3/t14?,16-/m1/s1. The highest BCUT2D eigenvalue weighted by atomic mass is 19.4. The van der Waals surface area contributed by atoms with Gasteiger partial charge in [0.2, 0.25) is 0 Å². The van der Waals surface area contributed by atoms with Crippen LogP contribution < -0.4 is 5.43 Å². The molecule has 1 rings (SSSR count). The molecule has 6 heteroatoms. The fourth-order valence-corrected chi connectivity index (χ4v) is 2.47. The van der Waals surface area contributed by atoms with Gasteiger partial charge in [-0.15, -0.1) is 0 Å². The second kappa shape index (κ2) is 9.90. The average Bonchev–Trinajstić information content (AvgIpc) is 2.49. The first-order valence-electron chi connectivity index (χ1n) is 7.98. The third-order valence-electron chi connectivity index (χ3n) is 3.72. The number of aryl methyl sites for hydroxylation is 1. The molecule has 1 aromatic rings. The van der Waals surface area contributed by atoms with Crippen LogP contribution in [-0.2, 0) is 11.2 Å². The highest BCUT2D eigenvalue weighted by Crippen LogP contribution is 2.18. The lowest BCUT2D eigenvalue weighted by atomic mass is 10.1. The molecule has 0 saturated carbocycles. The summed E-state index contributed by atoms with van der Waals surface area (Å²) in [5, 5.41) is 1.28. The molecular weight excluding hydrogens is 305 g/mol. The third kappa shape index (κ3) is 8.34. The van der Waals surface area contributed by atoms with E-state index in [-0.39, 0.29) is 18.7 Å². The topological polar surface area (TPSA) is 24.5 Å². The van der Waals surface area contributed by atoms with Crippen molar-refractivity contribution in [3.05, 3.63) is 35.9 Å². The molecule has 3 nitrogen and oxygen atoms in total. The number of alkyl halides is 3. The second-order valence-electron chi connectivity index (χ2n) is 5.81. The van der Waals surface area contributed by atoms with E-state index < -0.39 is 12.7 Å². The summed E-state index contributed by atoms with van der Waals surface area (Å²) in [4.78, 5) is 0. The Balaban J connectivity index is 2.59. The van der Waals surface area contributed by atoms with Crippen molar-refractivity contribution in [2.24, 2.45) is 0 Å². The number of hydrazine groups is 1. The smallest absolute Gasteiger partial charge is 0.383 e. The molecule has 0 aliphatic heterocycles. The van der Waals surface area contributed by atoms with Crippen LogP contribution in [-0.4, -0.2) is 43.5 Å². The van der Waals surface area contributed by atoms with Crippen molar-refractivity contribution in [1.29, 1.82) is 0 Å². The first-order chi connectivity index (χ1) is 10.9. The Kier molecular flexibility index (Phi) is 8.58. The number of halogens is 3. The minimum atomic E-state index is -4.24. The minimum Gasteiger partial charge on any atom is -0.383 e. The van der Waals surface area contributed by atoms with Gasteiger partial charge in [0.1, 0.15) is 6.54 Å². The Hall–Kier alpha value is -1.11. The van der Waals surface area contributed by atoms with E-state index in [1.54, 1.807) is 0 Å². The molecule has 0 aromatic heterocycles. The number of nitrogens with zero attached hydrogens (tertiary/aromatic N) is 1. The van der Waals surface area contributed by atoms with Gasteiger partial charge in [-0.05, 0) is 31.7 Å². The summed E-state index contributed by atoms with van der Waals surface area (Å²) in [6, 6.07) is 9.58. The van der Waals surface area contributed by atoms with E-state index in [1.807, 2.05) is 44.2 Å². The second-order valence-corrected chi connectivity index (χ2v) is 5.81. The van der Waals surface area contributed by atoms with E-state index in [0.717, 1.165) is 12.8 Å². The van der Waals surface area contributed by atoms with Crippen LogP contribution >= 0.6 is 0 Å². The lowest BCUT2D eigenvalue weighted by molar-refractivity contribution is -0.163. The molecule has 0 aliphatic rings. The fourth-order valence-electron chi connectivity index (χ4n) is 2.47. The van der Waals surface area contributed by atoms with Gasteiger partial charge in [-0.2, -0.15) is 13.2 Å². The van der Waals surface area contributed by atoms with E-state index in [4.69, 9.17) is 4.74 Å². The highest BCUT2D eigenvalue weighted by Gasteiger charge is 2.34. The van der Waals surface area contributed by atoms with E-state index in [1.165, 1.54) is 17.7 Å². The van der Waals surface area contributed by atoms with Crippen LogP contribution in [0, 0.1) is 0 Å². The molecule has 0 spiro atoms. The Morgan fingerprint density at radius 3 is 2.39 bits per heavy atom. The summed E-state index contributed by atoms with van der Waals surface area (Å²) in [5.74, 6) is 0. The van der Waals surface area contributed by atoms with Gasteiger partial charge in [-0.1, -0.05) is 37.3 Å². The van der Waals surface area contributed by atoms with Gasteiger partial charge in [-0.3, -0.25) is 5.43 Å². The predicted octanol–water partition coefficient (Wildman–Crippen LogP) is 3.80. The number of nitrogens with one attached hydrogen (secondary N) is 1. The van der Waals surface area contributed by atoms with Crippen LogP contribution in [0.5, 0.6) is 0 Å². The third-order valence-corrected chi connectivity index (χ3v) is 3.72. The van der Waals surface area contributed by atoms with Crippen LogP contribution in [0.2, 0.25) is 0 Å². The monoisotopic (exact) mass is 332 g/mol. The largest absolute Gasteiger partial charge is 0.402 e. The molecule has 0 bridgehead atoms. The lowest BCUT2D eigenvalue weighted by Crippen LogP contribution is -2.54. The highest BCUT2D eigenvalue weighted by molar-refractivity contribution is 5.14. The molecule has 0 aliphatic carbocycles. The molecule has 23 heavy (non-hydrogen) atoms. The zero-order chi connectivity index (χ0) is 17.3. The maximum Gasteiger partial charge on any atom is 0.402 e. The Morgan fingerprint density at radius 2 is 1.87 bits per heavy atom. The van der Waals surface area contributed by atoms with Crippen LogP contribution in [0.4, 0.5) is 13.2 Å². The van der Waals surface area contributed by atoms with Gasteiger partial charge in [0.15, 0.2) is 0 Å². The number of methoxy groups -OCH3 is 1. The average molecular weight is 332 g/mol. The first kappa shape index (κ1) is 19.9. The molecule has 132 valence electrons. The minimum absolute atomic E-state index is 0.0523. The lowest BCUT2D eigenvalue weighted by Gasteiger charge is -2.34. The summed E-state index contributed by atoms with van der Waals surface area (Å²) in [7, 11) is 1.51. The maximum absolute atomic E-state index is 12.8. The van der Waals surface area contributed by atoms with Gasteiger partial charge in [0.05, 0.1) is 6.61 Å². The number of hydrogen-bond donors (Lipinski definition) is 1. The van der Waals surface area contributed by atoms with Crippen LogP contribution in [0.15, 0.2) is 30.3 Å². The number of rotatable bonds is 10. The summed E-state index contributed by atoms with van der Waals surface area (Å²) in [6.07, 6.45) is -2.06. The molecule has 0 amide bonds. The molecule has 0 heterocycles. The zero-order valence-corrected chi connectivity index (χ0v) is 14.1. The molecule has 0 fully saturated rings. The van der Waals surface area contributed by atoms with Crippen molar-refractivity contribution in [3.8, 4) is 0 Å². The Morgan fingerprint density at radius 1 is 1.22 bits per heavy atom. The zero-order valence-electron chi connectivity index (χ0n) is 14.1. The summed E-state index contributed by atoms with van der Waals surface area (Å²) in [6.45, 7) is 3.06. The van der Waals surface area contributed by atoms with Crippen molar-refractivity contribution in [1.82, 2.24) is 10.4 Å². The van der Waals surface area contributed by atoms with Crippen LogP contribution in [0.3, 0.4) is 0 Å². The summed E-state index contributed by atoms with van der Waals surface area (Å²) in [5.41, 5.74) is 4.20. The van der Waals surface area contributed by atoms with Crippen molar-refractivity contribution in [2.45, 2.75) is 51.4 Å².